The van der Waals surface area contributed by atoms with Gasteiger partial charge in [0.15, 0.2) is 0 Å². The fraction of sp³-hybridized carbons (Fsp3) is 0.770. The zero-order chi connectivity index (χ0) is 65.8. The molecule has 518 valence electrons. The van der Waals surface area contributed by atoms with Crippen molar-refractivity contribution in [3.05, 3.63) is 59.7 Å². The molecule has 0 heterocycles. The minimum absolute atomic E-state index is 0.196. The van der Waals surface area contributed by atoms with Crippen molar-refractivity contribution in [3.8, 4) is 11.5 Å². The molecule has 18 nitrogen and oxygen atoms in total. The predicted molar refractivity (Wildman–Crippen MR) is 382 cm³/mol. The molecule has 0 aromatic heterocycles. The Hall–Kier alpha value is -0.532. The lowest BCUT2D eigenvalue weighted by Crippen LogP contribution is -2.46. The summed E-state index contributed by atoms with van der Waals surface area (Å²) in [5.74, 6) is 6.30. The number of esters is 2. The molecular weight excluding hydrogens is 1330 g/mol. The normalized spacial score (nSPS) is 12.2. The van der Waals surface area contributed by atoms with Crippen LogP contribution in [0.1, 0.15) is 147 Å². The number of carbonyl (C=O) groups is 2. The Morgan fingerprint density at radius 3 is 0.843 bits per heavy atom. The first-order chi connectivity index (χ1) is 43.1. The standard InChI is InChI=1S/C43H72O12S2Si2.C18H42O6S4Si2/c1-9-50-58(51-10-2,52-11-3)35-15-31-56-33-25-41(44)48-29-27-46-39-21-17-37(18-22-39)43(7,8)38-19-23-40(24-20-38)47-28-30-49-42(45)26-34-57-32-16-36-59(53-12-4,54-13-5)55-14-6;1-7-19-29(20-8-2,21-9-3)17-13-15-25-27-28-26-16-14-18-30(22-10-4,23-11-5)24-12-6/h17-24H,9-16,25-36H2,1-8H3;7-18H2,1-6H3. The van der Waals surface area contributed by atoms with Gasteiger partial charge in [-0.3, -0.25) is 9.59 Å². The van der Waals surface area contributed by atoms with E-state index in [4.69, 9.17) is 72.1 Å². The van der Waals surface area contributed by atoms with Crippen molar-refractivity contribution >= 4 is 112 Å². The molecule has 0 aliphatic rings. The molecule has 0 saturated carbocycles. The number of carbonyl (C=O) groups excluding carboxylic acids is 2. The number of hydrogen-bond donors (Lipinski definition) is 0. The topological polar surface area (TPSA) is 182 Å². The highest BCUT2D eigenvalue weighted by molar-refractivity contribution is 9.26. The highest BCUT2D eigenvalue weighted by atomic mass is 33.7. The molecule has 89 heavy (non-hydrogen) atoms. The Kier molecular flexibility index (Phi) is 53.0. The van der Waals surface area contributed by atoms with Crippen LogP contribution in [0.4, 0.5) is 0 Å². The van der Waals surface area contributed by atoms with Gasteiger partial charge in [-0.2, -0.15) is 23.5 Å². The van der Waals surface area contributed by atoms with E-state index >= 15 is 0 Å². The smallest absolute Gasteiger partial charge is 0.490 e. The van der Waals surface area contributed by atoms with Crippen LogP contribution >= 0.6 is 64.8 Å². The summed E-state index contributed by atoms with van der Waals surface area (Å²) in [4.78, 5) is 24.5. The SMILES string of the molecule is CCO[Si](CCCSCCC(=O)OCCOc1ccc(C(C)(C)c2ccc(OCCOC(=O)CCSCCC[Si](OCC)(OCC)OCC)cc2)cc1)(OCC)OCC.CCO[Si](CCCSSSSCCC[Si](OCC)(OCC)OCC)(OCC)OCC. The predicted octanol–water partition coefficient (Wildman–Crippen LogP) is 15.5. The van der Waals surface area contributed by atoms with E-state index in [9.17, 15) is 9.59 Å². The Balaban J connectivity index is 0.00000111. The number of hydrogen-bond acceptors (Lipinski definition) is 24. The lowest BCUT2D eigenvalue weighted by Gasteiger charge is -2.28. The summed E-state index contributed by atoms with van der Waals surface area (Å²) in [7, 11) is -2.76. The summed E-state index contributed by atoms with van der Waals surface area (Å²) in [5, 5.41) is 0. The molecule has 0 radical (unpaired) electrons. The Morgan fingerprint density at radius 1 is 0.348 bits per heavy atom. The third kappa shape index (κ3) is 38.7. The lowest BCUT2D eigenvalue weighted by molar-refractivity contribution is -0.144. The van der Waals surface area contributed by atoms with Gasteiger partial charge in [0.2, 0.25) is 0 Å². The monoisotopic (exact) mass is 1440 g/mol. The molecule has 0 aliphatic heterocycles. The van der Waals surface area contributed by atoms with Crippen LogP contribution in [0.5, 0.6) is 11.5 Å². The number of benzene rings is 2. The van der Waals surface area contributed by atoms with E-state index in [0.29, 0.717) is 115 Å². The van der Waals surface area contributed by atoms with Gasteiger partial charge in [0.05, 0.1) is 12.8 Å². The molecule has 0 aliphatic carbocycles. The second-order valence-corrected chi connectivity index (χ2v) is 39.3. The molecule has 2 aromatic carbocycles. The van der Waals surface area contributed by atoms with E-state index in [2.05, 4.69) is 38.1 Å². The van der Waals surface area contributed by atoms with E-state index in [1.165, 1.54) is 0 Å². The second kappa shape index (κ2) is 54.6. The maximum atomic E-state index is 12.2. The van der Waals surface area contributed by atoms with E-state index in [0.717, 1.165) is 84.0 Å². The van der Waals surface area contributed by atoms with Gasteiger partial charge in [0.25, 0.3) is 0 Å². The maximum Gasteiger partial charge on any atom is 0.500 e. The van der Waals surface area contributed by atoms with E-state index in [-0.39, 0.29) is 43.8 Å². The van der Waals surface area contributed by atoms with Gasteiger partial charge in [-0.1, -0.05) is 59.7 Å². The van der Waals surface area contributed by atoms with Crippen molar-refractivity contribution < 1.29 is 81.6 Å². The molecule has 0 saturated heterocycles. The van der Waals surface area contributed by atoms with Gasteiger partial charge in [0.1, 0.15) is 37.9 Å². The zero-order valence-corrected chi connectivity index (χ0v) is 65.4. The number of thioether (sulfide) groups is 2. The van der Waals surface area contributed by atoms with Gasteiger partial charge in [0, 0.05) is 132 Å². The van der Waals surface area contributed by atoms with Crippen LogP contribution in [0.25, 0.3) is 0 Å². The van der Waals surface area contributed by atoms with Crippen molar-refractivity contribution in [2.24, 2.45) is 0 Å². The fourth-order valence-corrected chi connectivity index (χ4v) is 28.3. The molecule has 0 fully saturated rings. The van der Waals surface area contributed by atoms with Crippen molar-refractivity contribution in [1.82, 2.24) is 0 Å². The van der Waals surface area contributed by atoms with Gasteiger partial charge >= 0.3 is 47.2 Å². The van der Waals surface area contributed by atoms with Crippen LogP contribution in [-0.2, 0) is 77.6 Å². The first kappa shape index (κ1) is 86.5. The second-order valence-electron chi connectivity index (χ2n) is 19.7. The average Bonchev–Trinajstić information content (AvgIpc) is 2.08. The largest absolute Gasteiger partial charge is 0.500 e. The average molecular weight is 1440 g/mol. The quantitative estimate of drug-likeness (QED) is 0.0264. The Morgan fingerprint density at radius 2 is 0.596 bits per heavy atom. The first-order valence-electron chi connectivity index (χ1n) is 32.3. The highest BCUT2D eigenvalue weighted by Crippen LogP contribution is 2.44. The van der Waals surface area contributed by atoms with E-state index in [1.807, 2.05) is 149 Å². The minimum atomic E-state index is -2.62. The summed E-state index contributed by atoms with van der Waals surface area (Å²) in [6, 6.07) is 19.3. The summed E-state index contributed by atoms with van der Waals surface area (Å²) < 4.78 is 93.3. The number of rotatable bonds is 59. The molecule has 0 amide bonds. The molecule has 0 atom stereocenters. The van der Waals surface area contributed by atoms with Gasteiger partial charge in [-0.25, -0.2) is 0 Å². The van der Waals surface area contributed by atoms with Crippen molar-refractivity contribution in [2.45, 2.75) is 165 Å². The van der Waals surface area contributed by atoms with Crippen LogP contribution in [0.2, 0.25) is 24.2 Å². The zero-order valence-electron chi connectivity index (χ0n) is 56.5. The molecule has 0 unspecified atom stereocenters. The van der Waals surface area contributed by atoms with Gasteiger partial charge in [-0.15, -0.1) is 0 Å². The fourth-order valence-electron chi connectivity index (χ4n) is 8.98. The van der Waals surface area contributed by atoms with Crippen LogP contribution < -0.4 is 9.47 Å². The molecule has 2 aromatic rings. The number of ether oxygens (including phenoxy) is 4. The van der Waals surface area contributed by atoms with Crippen molar-refractivity contribution in [3.63, 3.8) is 0 Å². The van der Waals surface area contributed by atoms with Crippen molar-refractivity contribution in [2.75, 3.05) is 140 Å². The Labute approximate surface area is 565 Å². The third-order valence-corrected chi connectivity index (χ3v) is 34.1. The van der Waals surface area contributed by atoms with E-state index in [1.54, 1.807) is 23.5 Å². The van der Waals surface area contributed by atoms with Crippen molar-refractivity contribution in [1.29, 1.82) is 0 Å². The van der Waals surface area contributed by atoms with E-state index < -0.39 is 35.2 Å². The van der Waals surface area contributed by atoms with Gasteiger partial charge < -0.3 is 72.1 Å². The first-order valence-corrected chi connectivity index (χ1v) is 47.5. The molecule has 28 heteroatoms. The molecule has 0 spiro atoms. The molecule has 2 rings (SSSR count). The summed E-state index contributed by atoms with van der Waals surface area (Å²) in [6.45, 7) is 36.3. The summed E-state index contributed by atoms with van der Waals surface area (Å²) >= 11 is 3.44. The van der Waals surface area contributed by atoms with Crippen LogP contribution in [0.15, 0.2) is 48.5 Å². The van der Waals surface area contributed by atoms with Crippen LogP contribution in [-0.4, -0.2) is 187 Å². The summed E-state index contributed by atoms with van der Waals surface area (Å²) in [6.07, 6.45) is 4.61. The van der Waals surface area contributed by atoms with Gasteiger partial charge in [-0.05, 0) is 175 Å². The maximum absolute atomic E-state index is 12.2. The lowest BCUT2D eigenvalue weighted by atomic mass is 9.78. The Bertz CT molecular complexity index is 1810. The third-order valence-electron chi connectivity index (χ3n) is 12.7. The van der Waals surface area contributed by atoms with Crippen LogP contribution in [0.3, 0.4) is 0 Å². The minimum Gasteiger partial charge on any atom is -0.490 e. The molecule has 0 N–H and O–H groups in total. The van der Waals surface area contributed by atoms with Crippen LogP contribution in [0, 0.1) is 0 Å². The summed E-state index contributed by atoms with van der Waals surface area (Å²) in [5.41, 5.74) is 2.00. The molecular formula is C61H114O18S6Si4. The molecule has 0 bridgehead atoms. The highest BCUT2D eigenvalue weighted by Gasteiger charge is 2.42.